The highest BCUT2D eigenvalue weighted by molar-refractivity contribution is 5.83. The van der Waals surface area contributed by atoms with Crippen molar-refractivity contribution < 1.29 is 4.39 Å². The lowest BCUT2D eigenvalue weighted by molar-refractivity contribution is 0.342. The van der Waals surface area contributed by atoms with Crippen LogP contribution in [0, 0.1) is 0 Å². The molecule has 1 unspecified atom stereocenters. The molecule has 0 aliphatic rings. The fourth-order valence-corrected chi connectivity index (χ4v) is 3.83. The van der Waals surface area contributed by atoms with E-state index in [0.717, 1.165) is 34.7 Å². The molecular formula is C28H25F. The summed E-state index contributed by atoms with van der Waals surface area (Å²) in [5, 5.41) is 2.22. The molecule has 4 aromatic rings. The van der Waals surface area contributed by atoms with Crippen molar-refractivity contribution in [2.45, 2.75) is 25.4 Å². The van der Waals surface area contributed by atoms with Crippen molar-refractivity contribution in [1.82, 2.24) is 0 Å². The first kappa shape index (κ1) is 19.1. The second-order valence-electron chi connectivity index (χ2n) is 7.46. The molecule has 0 saturated heterocycles. The normalized spacial score (nSPS) is 12.0. The quantitative estimate of drug-likeness (QED) is 0.286. The number of hydrogen-bond donors (Lipinski definition) is 0. The number of allylic oxidation sites excluding steroid dienone is 1. The summed E-state index contributed by atoms with van der Waals surface area (Å²) in [7, 11) is 0. The van der Waals surface area contributed by atoms with E-state index < -0.39 is 6.17 Å². The molecule has 4 rings (SSSR count). The summed E-state index contributed by atoms with van der Waals surface area (Å²) in [6, 6.07) is 30.7. The number of hydrogen-bond acceptors (Lipinski definition) is 0. The van der Waals surface area contributed by atoms with Crippen molar-refractivity contribution in [3.63, 3.8) is 0 Å². The maximum absolute atomic E-state index is 15.0. The molecule has 0 radical (unpaired) electrons. The third-order valence-corrected chi connectivity index (χ3v) is 5.45. The Balaban J connectivity index is 1.51. The zero-order chi connectivity index (χ0) is 20.1. The highest BCUT2D eigenvalue weighted by Gasteiger charge is 2.12. The predicted octanol–water partition coefficient (Wildman–Crippen LogP) is 7.88. The molecule has 144 valence electrons. The van der Waals surface area contributed by atoms with Gasteiger partial charge in [0.05, 0.1) is 0 Å². The topological polar surface area (TPSA) is 0 Å². The summed E-state index contributed by atoms with van der Waals surface area (Å²) in [5.74, 6) is 0. The lowest BCUT2D eigenvalue weighted by atomic mass is 9.94. The molecule has 0 nitrogen and oxygen atoms in total. The minimum atomic E-state index is -1.01. The zero-order valence-electron chi connectivity index (χ0n) is 16.5. The van der Waals surface area contributed by atoms with Crippen LogP contribution in [-0.2, 0) is 12.8 Å². The molecule has 0 bridgehead atoms. The Morgan fingerprint density at radius 3 is 2.31 bits per heavy atom. The van der Waals surface area contributed by atoms with Crippen molar-refractivity contribution in [1.29, 1.82) is 0 Å². The van der Waals surface area contributed by atoms with Gasteiger partial charge in [0.25, 0.3) is 0 Å². The fourth-order valence-electron chi connectivity index (χ4n) is 3.83. The highest BCUT2D eigenvalue weighted by Crippen LogP contribution is 2.29. The molecule has 0 N–H and O–H groups in total. The Kier molecular flexibility index (Phi) is 5.86. The van der Waals surface area contributed by atoms with E-state index >= 15 is 0 Å². The van der Waals surface area contributed by atoms with Crippen LogP contribution in [0.25, 0.3) is 21.9 Å². The predicted molar refractivity (Wildman–Crippen MR) is 122 cm³/mol. The first-order valence-corrected chi connectivity index (χ1v) is 10.2. The van der Waals surface area contributed by atoms with Crippen LogP contribution in [-0.4, -0.2) is 0 Å². The van der Waals surface area contributed by atoms with Gasteiger partial charge in [-0.2, -0.15) is 0 Å². The maximum atomic E-state index is 15.0. The Morgan fingerprint density at radius 1 is 0.793 bits per heavy atom. The van der Waals surface area contributed by atoms with Crippen LogP contribution >= 0.6 is 0 Å². The summed E-state index contributed by atoms with van der Waals surface area (Å²) in [6.07, 6.45) is 3.27. The zero-order valence-corrected chi connectivity index (χ0v) is 16.5. The molecule has 0 aliphatic carbocycles. The van der Waals surface area contributed by atoms with Gasteiger partial charge in [-0.1, -0.05) is 91.0 Å². The molecule has 0 spiro atoms. The van der Waals surface area contributed by atoms with Crippen LogP contribution in [0.1, 0.15) is 29.3 Å². The molecule has 1 heteroatoms. The third-order valence-electron chi connectivity index (χ3n) is 5.45. The number of alkyl halides is 1. The second-order valence-corrected chi connectivity index (χ2v) is 7.46. The van der Waals surface area contributed by atoms with Gasteiger partial charge in [-0.05, 0) is 57.5 Å². The van der Waals surface area contributed by atoms with Crippen molar-refractivity contribution in [2.24, 2.45) is 0 Å². The number of benzene rings is 4. The van der Waals surface area contributed by atoms with E-state index in [0.29, 0.717) is 6.42 Å². The van der Waals surface area contributed by atoms with Crippen LogP contribution in [0.3, 0.4) is 0 Å². The van der Waals surface area contributed by atoms with Gasteiger partial charge in [-0.25, -0.2) is 4.39 Å². The van der Waals surface area contributed by atoms with E-state index in [2.05, 4.69) is 49.0 Å². The minimum absolute atomic E-state index is 0.386. The molecule has 29 heavy (non-hydrogen) atoms. The third kappa shape index (κ3) is 4.46. The van der Waals surface area contributed by atoms with Crippen molar-refractivity contribution in [3.8, 4) is 11.1 Å². The molecule has 1 atom stereocenters. The Labute approximate surface area is 172 Å². The minimum Gasteiger partial charge on any atom is -0.242 e. The summed E-state index contributed by atoms with van der Waals surface area (Å²) in [4.78, 5) is 0. The number of fused-ring (bicyclic) bond motifs is 1. The van der Waals surface area contributed by atoms with Crippen molar-refractivity contribution >= 4 is 10.8 Å². The van der Waals surface area contributed by atoms with E-state index in [-0.39, 0.29) is 0 Å². The monoisotopic (exact) mass is 380 g/mol. The van der Waals surface area contributed by atoms with Crippen LogP contribution < -0.4 is 0 Å². The van der Waals surface area contributed by atoms with Gasteiger partial charge in [-0.3, -0.25) is 0 Å². The smallest absolute Gasteiger partial charge is 0.129 e. The van der Waals surface area contributed by atoms with Gasteiger partial charge >= 0.3 is 0 Å². The number of halogens is 1. The highest BCUT2D eigenvalue weighted by atomic mass is 19.1. The summed E-state index contributed by atoms with van der Waals surface area (Å²) in [6.45, 7) is 3.82. The van der Waals surface area contributed by atoms with Crippen molar-refractivity contribution in [3.05, 3.63) is 120 Å². The second kappa shape index (κ2) is 8.87. The SMILES string of the molecule is C=CCCc1ccccc1-c1ccc(CC(F)c2ccc3ccccc3c2)cc1. The summed E-state index contributed by atoms with van der Waals surface area (Å²) >= 11 is 0. The fraction of sp³-hybridized carbons (Fsp3) is 0.143. The molecule has 0 saturated carbocycles. The maximum Gasteiger partial charge on any atom is 0.129 e. The Hall–Kier alpha value is -3.19. The van der Waals surface area contributed by atoms with Gasteiger partial charge in [0.15, 0.2) is 0 Å². The van der Waals surface area contributed by atoms with Gasteiger partial charge in [0.2, 0.25) is 0 Å². The molecule has 0 aromatic heterocycles. The van der Waals surface area contributed by atoms with E-state index in [9.17, 15) is 4.39 Å². The summed E-state index contributed by atoms with van der Waals surface area (Å²) < 4.78 is 15.0. The Bertz CT molecular complexity index is 1110. The first-order valence-electron chi connectivity index (χ1n) is 10.2. The number of aryl methyl sites for hydroxylation is 1. The number of rotatable bonds is 7. The van der Waals surface area contributed by atoms with E-state index in [1.54, 1.807) is 0 Å². The van der Waals surface area contributed by atoms with E-state index in [4.69, 9.17) is 0 Å². The van der Waals surface area contributed by atoms with E-state index in [1.165, 1.54) is 16.7 Å². The molecule has 0 aliphatic heterocycles. The lowest BCUT2D eigenvalue weighted by Crippen LogP contribution is -1.97. The van der Waals surface area contributed by atoms with Crippen LogP contribution in [0.4, 0.5) is 4.39 Å². The van der Waals surface area contributed by atoms with Crippen LogP contribution in [0.5, 0.6) is 0 Å². The molecule has 0 heterocycles. The molecule has 0 amide bonds. The lowest BCUT2D eigenvalue weighted by Gasteiger charge is -2.12. The van der Waals surface area contributed by atoms with Crippen LogP contribution in [0.2, 0.25) is 0 Å². The average molecular weight is 381 g/mol. The van der Waals surface area contributed by atoms with Crippen LogP contribution in [0.15, 0.2) is 104 Å². The average Bonchev–Trinajstić information content (AvgIpc) is 2.78. The van der Waals surface area contributed by atoms with Crippen molar-refractivity contribution in [2.75, 3.05) is 0 Å². The first-order chi connectivity index (χ1) is 14.2. The van der Waals surface area contributed by atoms with Gasteiger partial charge < -0.3 is 0 Å². The summed E-state index contributed by atoms with van der Waals surface area (Å²) in [5.41, 5.74) is 5.49. The standard InChI is InChI=1S/C28H25F/c1-2-3-8-23-10-6-7-12-27(23)24-15-13-21(14-16-24)19-28(29)26-18-17-22-9-4-5-11-25(22)20-26/h2,4-7,9-18,20,28H,1,3,8,19H2. The molecule has 0 fully saturated rings. The Morgan fingerprint density at radius 2 is 1.52 bits per heavy atom. The molecule has 4 aromatic carbocycles. The van der Waals surface area contributed by atoms with Gasteiger partial charge in [0.1, 0.15) is 6.17 Å². The van der Waals surface area contributed by atoms with Gasteiger partial charge in [-0.15, -0.1) is 6.58 Å². The molecular weight excluding hydrogens is 355 g/mol. The largest absolute Gasteiger partial charge is 0.242 e. The van der Waals surface area contributed by atoms with E-state index in [1.807, 2.05) is 54.6 Å². The van der Waals surface area contributed by atoms with Gasteiger partial charge in [0, 0.05) is 6.42 Å².